The van der Waals surface area contributed by atoms with Gasteiger partial charge in [-0.2, -0.15) is 0 Å². The van der Waals surface area contributed by atoms with E-state index in [1.54, 1.807) is 30.2 Å². The van der Waals surface area contributed by atoms with Gasteiger partial charge in [-0.25, -0.2) is 4.79 Å². The van der Waals surface area contributed by atoms with Gasteiger partial charge in [-0.3, -0.25) is 4.79 Å². The number of benzene rings is 2. The summed E-state index contributed by atoms with van der Waals surface area (Å²) in [4.78, 5) is 25.7. The molecule has 0 bridgehead atoms. The molecule has 3 rings (SSSR count). The quantitative estimate of drug-likeness (QED) is 0.892. The van der Waals surface area contributed by atoms with Gasteiger partial charge < -0.3 is 19.5 Å². The van der Waals surface area contributed by atoms with Crippen LogP contribution in [0.5, 0.6) is 5.75 Å². The molecule has 0 saturated carbocycles. The third-order valence-electron chi connectivity index (χ3n) is 4.47. The summed E-state index contributed by atoms with van der Waals surface area (Å²) in [6.45, 7) is 1.37. The van der Waals surface area contributed by atoms with Crippen LogP contribution in [0.2, 0.25) is 0 Å². The highest BCUT2D eigenvalue weighted by atomic mass is 16.5. The molecule has 6 nitrogen and oxygen atoms in total. The van der Waals surface area contributed by atoms with Crippen molar-refractivity contribution in [3.8, 4) is 5.75 Å². The van der Waals surface area contributed by atoms with Crippen molar-refractivity contribution in [1.82, 2.24) is 4.90 Å². The Hall–Kier alpha value is -2.86. The molecular formula is C20H21NO5. The predicted octanol–water partition coefficient (Wildman–Crippen LogP) is 2.54. The van der Waals surface area contributed by atoms with Crippen LogP contribution in [0.15, 0.2) is 48.5 Å². The lowest BCUT2D eigenvalue weighted by molar-refractivity contribution is -0.138. The number of hydrogen-bond donors (Lipinski definition) is 1. The van der Waals surface area contributed by atoms with E-state index < -0.39 is 5.97 Å². The molecule has 2 aromatic rings. The average Bonchev–Trinajstić information content (AvgIpc) is 2.68. The maximum Gasteiger partial charge on any atom is 0.335 e. The van der Waals surface area contributed by atoms with Crippen LogP contribution in [0.25, 0.3) is 0 Å². The van der Waals surface area contributed by atoms with E-state index in [4.69, 9.17) is 9.47 Å². The fourth-order valence-electron chi connectivity index (χ4n) is 3.08. The molecule has 1 saturated heterocycles. The number of nitrogens with zero attached hydrogens (tertiary/aromatic N) is 1. The number of hydrogen-bond acceptors (Lipinski definition) is 4. The smallest absolute Gasteiger partial charge is 0.335 e. The third kappa shape index (κ3) is 4.03. The van der Waals surface area contributed by atoms with Gasteiger partial charge in [0.15, 0.2) is 0 Å². The van der Waals surface area contributed by atoms with Crippen molar-refractivity contribution in [2.45, 2.75) is 12.5 Å². The van der Waals surface area contributed by atoms with Crippen LogP contribution in [0.4, 0.5) is 0 Å². The number of ether oxygens (including phenoxy) is 2. The van der Waals surface area contributed by atoms with Gasteiger partial charge in [0.05, 0.1) is 32.2 Å². The van der Waals surface area contributed by atoms with Gasteiger partial charge in [-0.05, 0) is 29.3 Å². The number of aromatic carboxylic acids is 1. The first-order chi connectivity index (χ1) is 12.6. The summed E-state index contributed by atoms with van der Waals surface area (Å²) < 4.78 is 11.1. The zero-order valence-electron chi connectivity index (χ0n) is 14.6. The summed E-state index contributed by atoms with van der Waals surface area (Å²) in [6, 6.07) is 14.2. The summed E-state index contributed by atoms with van der Waals surface area (Å²) in [6.07, 6.45) is -0.162. The number of morpholine rings is 1. The van der Waals surface area contributed by atoms with Gasteiger partial charge in [0.2, 0.25) is 5.91 Å². The second kappa shape index (κ2) is 8.01. The molecule has 1 aliphatic rings. The van der Waals surface area contributed by atoms with Crippen LogP contribution in [-0.2, 0) is 16.0 Å². The van der Waals surface area contributed by atoms with Crippen molar-refractivity contribution in [3.63, 3.8) is 0 Å². The minimum Gasteiger partial charge on any atom is -0.497 e. The first-order valence-electron chi connectivity index (χ1n) is 8.43. The van der Waals surface area contributed by atoms with Gasteiger partial charge in [0, 0.05) is 6.54 Å². The Morgan fingerprint density at radius 1 is 1.23 bits per heavy atom. The van der Waals surface area contributed by atoms with Crippen LogP contribution in [-0.4, -0.2) is 48.7 Å². The first-order valence-corrected chi connectivity index (χ1v) is 8.43. The Morgan fingerprint density at radius 3 is 2.81 bits per heavy atom. The zero-order valence-corrected chi connectivity index (χ0v) is 14.6. The number of rotatable bonds is 5. The molecule has 0 aliphatic carbocycles. The Morgan fingerprint density at radius 2 is 2.04 bits per heavy atom. The summed E-state index contributed by atoms with van der Waals surface area (Å²) in [7, 11) is 1.61. The molecule has 0 spiro atoms. The average molecular weight is 355 g/mol. The van der Waals surface area contributed by atoms with E-state index in [1.165, 1.54) is 6.07 Å². The van der Waals surface area contributed by atoms with Gasteiger partial charge in [-0.1, -0.05) is 30.3 Å². The molecular weight excluding hydrogens is 334 g/mol. The van der Waals surface area contributed by atoms with E-state index in [0.717, 1.165) is 11.3 Å². The molecule has 1 N–H and O–H groups in total. The highest BCUT2D eigenvalue weighted by Crippen LogP contribution is 2.26. The Labute approximate surface area is 152 Å². The summed E-state index contributed by atoms with van der Waals surface area (Å²) in [5, 5.41) is 9.27. The summed E-state index contributed by atoms with van der Waals surface area (Å²) in [5.74, 6) is -0.385. The molecule has 1 atom stereocenters. The molecule has 1 fully saturated rings. The van der Waals surface area contributed by atoms with Crippen molar-refractivity contribution in [1.29, 1.82) is 0 Å². The lowest BCUT2D eigenvalue weighted by Gasteiger charge is -2.33. The monoisotopic (exact) mass is 355 g/mol. The van der Waals surface area contributed by atoms with Crippen LogP contribution >= 0.6 is 0 Å². The van der Waals surface area contributed by atoms with Crippen molar-refractivity contribution in [2.24, 2.45) is 0 Å². The van der Waals surface area contributed by atoms with Gasteiger partial charge in [-0.15, -0.1) is 0 Å². The topological polar surface area (TPSA) is 76.1 Å². The molecule has 0 aromatic heterocycles. The predicted molar refractivity (Wildman–Crippen MR) is 95.4 cm³/mol. The lowest BCUT2D eigenvalue weighted by Crippen LogP contribution is -2.43. The first kappa shape index (κ1) is 17.9. The lowest BCUT2D eigenvalue weighted by atomic mass is 10.0. The van der Waals surface area contributed by atoms with E-state index in [9.17, 15) is 14.7 Å². The minimum absolute atomic E-state index is 0.0628. The molecule has 1 unspecified atom stereocenters. The van der Waals surface area contributed by atoms with Crippen molar-refractivity contribution in [2.75, 3.05) is 26.8 Å². The molecule has 136 valence electrons. The van der Waals surface area contributed by atoms with Gasteiger partial charge >= 0.3 is 5.97 Å². The van der Waals surface area contributed by atoms with Gasteiger partial charge in [0.25, 0.3) is 0 Å². The number of carbonyl (C=O) groups is 2. The van der Waals surface area contributed by atoms with Crippen LogP contribution < -0.4 is 4.74 Å². The van der Waals surface area contributed by atoms with Crippen molar-refractivity contribution in [3.05, 3.63) is 65.2 Å². The molecule has 26 heavy (non-hydrogen) atoms. The molecule has 2 aromatic carbocycles. The highest BCUT2D eigenvalue weighted by molar-refractivity contribution is 5.91. The van der Waals surface area contributed by atoms with E-state index in [2.05, 4.69) is 0 Å². The van der Waals surface area contributed by atoms with E-state index >= 15 is 0 Å². The Balaban J connectivity index is 1.71. The number of carboxylic acid groups (broad SMARTS) is 1. The zero-order chi connectivity index (χ0) is 18.5. The van der Waals surface area contributed by atoms with Crippen molar-refractivity contribution >= 4 is 11.9 Å². The normalized spacial score (nSPS) is 17.0. The minimum atomic E-state index is -1.02. The maximum atomic E-state index is 12.7. The second-order valence-electron chi connectivity index (χ2n) is 6.11. The van der Waals surface area contributed by atoms with Crippen LogP contribution in [0.3, 0.4) is 0 Å². The van der Waals surface area contributed by atoms with E-state index in [0.29, 0.717) is 25.3 Å². The fourth-order valence-corrected chi connectivity index (χ4v) is 3.08. The Bertz CT molecular complexity index is 804. The van der Waals surface area contributed by atoms with E-state index in [1.807, 2.05) is 24.3 Å². The molecule has 1 heterocycles. The number of methoxy groups -OCH3 is 1. The third-order valence-corrected chi connectivity index (χ3v) is 4.47. The number of carboxylic acids is 1. The number of carbonyl (C=O) groups excluding carboxylic acids is 1. The largest absolute Gasteiger partial charge is 0.497 e. The molecule has 1 amide bonds. The standard InChI is InChI=1S/C20H21NO5/c1-25-16-7-4-6-15(11-16)18-13-21(9-10-26-18)19(22)12-14-5-2-3-8-17(14)20(23)24/h2-8,11,18H,9-10,12-13H2,1H3,(H,23,24). The van der Waals surface area contributed by atoms with Crippen molar-refractivity contribution < 1.29 is 24.2 Å². The summed E-state index contributed by atoms with van der Waals surface area (Å²) in [5.41, 5.74) is 1.64. The number of amides is 1. The van der Waals surface area contributed by atoms with Crippen LogP contribution in [0, 0.1) is 0 Å². The fraction of sp³-hybridized carbons (Fsp3) is 0.300. The molecule has 1 aliphatic heterocycles. The van der Waals surface area contributed by atoms with Gasteiger partial charge in [0.1, 0.15) is 11.9 Å². The SMILES string of the molecule is COc1cccc(C2CN(C(=O)Cc3ccccc3C(=O)O)CCO2)c1. The Kier molecular flexibility index (Phi) is 5.53. The maximum absolute atomic E-state index is 12.7. The van der Waals surface area contributed by atoms with Crippen LogP contribution in [0.1, 0.15) is 27.6 Å². The molecule has 6 heteroatoms. The van der Waals surface area contributed by atoms with E-state index in [-0.39, 0.29) is 24.0 Å². The summed E-state index contributed by atoms with van der Waals surface area (Å²) >= 11 is 0. The second-order valence-corrected chi connectivity index (χ2v) is 6.11. The molecule has 0 radical (unpaired) electrons. The highest BCUT2D eigenvalue weighted by Gasteiger charge is 2.26.